The normalized spacial score (nSPS) is 39.1. The minimum Gasteiger partial charge on any atom is -0.462 e. The number of hydrogen-bond donors (Lipinski definition) is 3. The van der Waals surface area contributed by atoms with Gasteiger partial charge in [-0.05, 0) is 80.0 Å². The van der Waals surface area contributed by atoms with Crippen molar-refractivity contribution in [2.24, 2.45) is 63.5 Å². The Labute approximate surface area is 259 Å². The summed E-state index contributed by atoms with van der Waals surface area (Å²) in [6.07, 6.45) is 9.73. The van der Waals surface area contributed by atoms with Gasteiger partial charge in [0.15, 0.2) is 0 Å². The Hall–Kier alpha value is -1.71. The van der Waals surface area contributed by atoms with Crippen molar-refractivity contribution >= 4 is 17.9 Å². The van der Waals surface area contributed by atoms with Crippen LogP contribution in [0.25, 0.3) is 0 Å². The van der Waals surface area contributed by atoms with E-state index in [9.17, 15) is 14.4 Å². The number of esters is 3. The molecule has 4 aliphatic carbocycles. The van der Waals surface area contributed by atoms with E-state index in [4.69, 9.17) is 31.4 Å². The lowest BCUT2D eigenvalue weighted by atomic mass is 9.43. The Morgan fingerprint density at radius 2 is 1.44 bits per heavy atom. The summed E-state index contributed by atoms with van der Waals surface area (Å²) in [4.78, 5) is 38.4. The van der Waals surface area contributed by atoms with E-state index < -0.39 is 0 Å². The van der Waals surface area contributed by atoms with Crippen LogP contribution in [0, 0.1) is 46.3 Å². The average molecular weight is 606 g/mol. The minimum absolute atomic E-state index is 0.0377. The van der Waals surface area contributed by atoms with Crippen LogP contribution in [0.3, 0.4) is 0 Å². The number of carbonyl (C=O) groups is 3. The molecule has 4 aliphatic rings. The Bertz CT molecular complexity index is 978. The largest absolute Gasteiger partial charge is 0.462 e. The summed E-state index contributed by atoms with van der Waals surface area (Å²) in [5.41, 5.74) is 16.9. The number of carbonyl (C=O) groups excluding carboxylic acids is 3. The molecule has 6 N–H and O–H groups in total. The number of nitrogens with two attached hydrogens (primary N) is 3. The van der Waals surface area contributed by atoms with E-state index in [1.165, 1.54) is 12.8 Å². The SMILES string of the molecule is CCCC[C@@H](C)[C@H]1CC[C@H]2[C@@H]3[C@H](OC(=O)CCN)C[C@@H]4C[C@H](OC(=O)CCN)CC[C@]4(C)[C@H]3C[C@H](OC(=O)CCN)[C@]12C. The van der Waals surface area contributed by atoms with Gasteiger partial charge in [-0.2, -0.15) is 0 Å². The highest BCUT2D eigenvalue weighted by molar-refractivity contribution is 5.70. The van der Waals surface area contributed by atoms with Crippen LogP contribution >= 0.6 is 0 Å². The maximum atomic E-state index is 13.1. The fraction of sp³-hybridized carbons (Fsp3) is 0.912. The molecule has 0 aromatic carbocycles. The summed E-state index contributed by atoms with van der Waals surface area (Å²) in [5, 5.41) is 0. The maximum absolute atomic E-state index is 13.1. The van der Waals surface area contributed by atoms with Gasteiger partial charge in [0.05, 0.1) is 19.3 Å². The van der Waals surface area contributed by atoms with Gasteiger partial charge in [0.2, 0.25) is 0 Å². The van der Waals surface area contributed by atoms with Crippen molar-refractivity contribution in [3.05, 3.63) is 0 Å². The third kappa shape index (κ3) is 6.94. The van der Waals surface area contributed by atoms with Gasteiger partial charge in [-0.3, -0.25) is 14.4 Å². The zero-order valence-corrected chi connectivity index (χ0v) is 27.2. The number of fused-ring (bicyclic) bond motifs is 5. The van der Waals surface area contributed by atoms with E-state index in [1.807, 2.05) is 0 Å². The molecule has 11 atom stereocenters. The predicted molar refractivity (Wildman–Crippen MR) is 165 cm³/mol. The molecule has 4 fully saturated rings. The van der Waals surface area contributed by atoms with Crippen LogP contribution in [-0.2, 0) is 28.6 Å². The maximum Gasteiger partial charge on any atom is 0.307 e. The van der Waals surface area contributed by atoms with Crippen molar-refractivity contribution in [2.75, 3.05) is 19.6 Å². The first-order valence-electron chi connectivity index (χ1n) is 17.2. The zero-order chi connectivity index (χ0) is 31.4. The summed E-state index contributed by atoms with van der Waals surface area (Å²) in [6, 6.07) is 0. The van der Waals surface area contributed by atoms with E-state index in [-0.39, 0.29) is 110 Å². The molecule has 43 heavy (non-hydrogen) atoms. The lowest BCUT2D eigenvalue weighted by Crippen LogP contribution is -2.63. The van der Waals surface area contributed by atoms with Crippen LogP contribution in [0.5, 0.6) is 0 Å². The Kier molecular flexibility index (Phi) is 11.6. The van der Waals surface area contributed by atoms with Crippen LogP contribution in [0.1, 0.15) is 111 Å². The van der Waals surface area contributed by atoms with Gasteiger partial charge in [0.1, 0.15) is 18.3 Å². The molecule has 0 aromatic heterocycles. The molecular weight excluding hydrogens is 546 g/mol. The van der Waals surface area contributed by atoms with Crippen LogP contribution < -0.4 is 17.2 Å². The molecule has 246 valence electrons. The van der Waals surface area contributed by atoms with Crippen molar-refractivity contribution in [1.29, 1.82) is 0 Å². The molecule has 0 bridgehead atoms. The van der Waals surface area contributed by atoms with Crippen LogP contribution in [0.4, 0.5) is 0 Å². The highest BCUT2D eigenvalue weighted by Gasteiger charge is 2.67. The standard InChI is InChI=1S/C34H59N3O6/c1-5-6-7-21(2)24-8-9-25-32-26(20-28(34(24,25)4)43-31(40)13-17-37)33(3)14-10-23(41-29(38)11-15-35)18-22(33)19-27(32)42-30(39)12-16-36/h21-28,32H,5-20,35-37H2,1-4H3/t21-,22+,23-,24-,25+,26+,27-,28+,32+,33+,34-/m1/s1. The summed E-state index contributed by atoms with van der Waals surface area (Å²) < 4.78 is 18.6. The summed E-state index contributed by atoms with van der Waals surface area (Å²) in [7, 11) is 0. The summed E-state index contributed by atoms with van der Waals surface area (Å²) in [6.45, 7) is 10.2. The van der Waals surface area contributed by atoms with Gasteiger partial charge < -0.3 is 31.4 Å². The van der Waals surface area contributed by atoms with E-state index in [2.05, 4.69) is 27.7 Å². The van der Waals surface area contributed by atoms with Crippen molar-refractivity contribution < 1.29 is 28.6 Å². The summed E-state index contributed by atoms with van der Waals surface area (Å²) >= 11 is 0. The van der Waals surface area contributed by atoms with E-state index in [0.717, 1.165) is 51.4 Å². The molecule has 0 aliphatic heterocycles. The van der Waals surface area contributed by atoms with Gasteiger partial charge >= 0.3 is 17.9 Å². The number of ether oxygens (including phenoxy) is 3. The average Bonchev–Trinajstić information content (AvgIpc) is 3.31. The quantitative estimate of drug-likeness (QED) is 0.203. The van der Waals surface area contributed by atoms with Crippen LogP contribution in [-0.4, -0.2) is 55.9 Å². The first-order chi connectivity index (χ1) is 20.5. The lowest BCUT2D eigenvalue weighted by Gasteiger charge is -2.64. The molecule has 0 amide bonds. The molecule has 4 rings (SSSR count). The Morgan fingerprint density at radius 3 is 2.07 bits per heavy atom. The summed E-state index contributed by atoms with van der Waals surface area (Å²) in [5.74, 6) is 1.18. The predicted octanol–water partition coefficient (Wildman–Crippen LogP) is 4.47. The van der Waals surface area contributed by atoms with E-state index in [0.29, 0.717) is 11.8 Å². The Morgan fingerprint density at radius 1 is 0.814 bits per heavy atom. The lowest BCUT2D eigenvalue weighted by molar-refractivity contribution is -0.225. The van der Waals surface area contributed by atoms with Crippen molar-refractivity contribution in [3.63, 3.8) is 0 Å². The van der Waals surface area contributed by atoms with Gasteiger partial charge in [-0.1, -0.05) is 47.0 Å². The van der Waals surface area contributed by atoms with E-state index in [1.54, 1.807) is 0 Å². The second-order valence-corrected chi connectivity index (χ2v) is 14.6. The van der Waals surface area contributed by atoms with Crippen LogP contribution in [0.15, 0.2) is 0 Å². The fourth-order valence-electron chi connectivity index (χ4n) is 10.2. The highest BCUT2D eigenvalue weighted by Crippen LogP contribution is 2.69. The second-order valence-electron chi connectivity index (χ2n) is 14.6. The molecule has 0 radical (unpaired) electrons. The minimum atomic E-state index is -0.245. The Balaban J connectivity index is 1.71. The molecule has 0 spiro atoms. The monoisotopic (exact) mass is 605 g/mol. The molecule has 9 nitrogen and oxygen atoms in total. The number of rotatable bonds is 13. The first-order valence-corrected chi connectivity index (χ1v) is 17.2. The molecule has 0 aromatic rings. The van der Waals surface area contributed by atoms with Gasteiger partial charge in [-0.15, -0.1) is 0 Å². The van der Waals surface area contributed by atoms with E-state index >= 15 is 0 Å². The molecule has 4 saturated carbocycles. The van der Waals surface area contributed by atoms with Crippen molar-refractivity contribution in [1.82, 2.24) is 0 Å². The number of hydrogen-bond acceptors (Lipinski definition) is 9. The van der Waals surface area contributed by atoms with Gasteiger partial charge in [-0.25, -0.2) is 0 Å². The second kappa shape index (κ2) is 14.6. The number of unbranched alkanes of at least 4 members (excludes halogenated alkanes) is 1. The molecule has 0 heterocycles. The third-order valence-corrected chi connectivity index (χ3v) is 12.4. The zero-order valence-electron chi connectivity index (χ0n) is 27.2. The van der Waals surface area contributed by atoms with Gasteiger partial charge in [0, 0.05) is 31.0 Å². The van der Waals surface area contributed by atoms with Crippen LogP contribution in [0.2, 0.25) is 0 Å². The molecule has 0 saturated heterocycles. The molecule has 0 unspecified atom stereocenters. The van der Waals surface area contributed by atoms with Crippen molar-refractivity contribution in [2.45, 2.75) is 129 Å². The molecule has 9 heteroatoms. The topological polar surface area (TPSA) is 157 Å². The van der Waals surface area contributed by atoms with Crippen molar-refractivity contribution in [3.8, 4) is 0 Å². The smallest absolute Gasteiger partial charge is 0.307 e. The molecular formula is C34H59N3O6. The first kappa shape index (κ1) is 34.2. The fourth-order valence-corrected chi connectivity index (χ4v) is 10.2. The highest BCUT2D eigenvalue weighted by atomic mass is 16.6. The third-order valence-electron chi connectivity index (χ3n) is 12.4. The van der Waals surface area contributed by atoms with Gasteiger partial charge in [0.25, 0.3) is 0 Å².